The first kappa shape index (κ1) is 18.4. The van der Waals surface area contributed by atoms with Crippen molar-refractivity contribution in [3.05, 3.63) is 0 Å². The van der Waals surface area contributed by atoms with Gasteiger partial charge in [-0.1, -0.05) is 38.5 Å². The van der Waals surface area contributed by atoms with E-state index in [1.165, 1.54) is 44.9 Å². The smallest absolute Gasteiger partial charge is 0.371 e. The second-order valence-electron chi connectivity index (χ2n) is 7.04. The van der Waals surface area contributed by atoms with Crippen molar-refractivity contribution in [2.45, 2.75) is 69.1 Å². The van der Waals surface area contributed by atoms with Crippen LogP contribution in [-0.4, -0.2) is 41.7 Å². The van der Waals surface area contributed by atoms with E-state index in [-0.39, 0.29) is 5.22 Å². The standard InChI is InChI=1S/C17H35NO3Si/c1-19-17(12-8-13-18)16(15-9-5-4-6-10-15)11-7-14-22(17,20-2)21-3/h15-16H,4-14,18H2,1-3H3. The van der Waals surface area contributed by atoms with E-state index >= 15 is 0 Å². The van der Waals surface area contributed by atoms with Crippen LogP contribution in [0.4, 0.5) is 0 Å². The van der Waals surface area contributed by atoms with E-state index < -0.39 is 8.56 Å². The Bertz CT molecular complexity index is 332. The third kappa shape index (κ3) is 3.15. The molecule has 1 aliphatic heterocycles. The Balaban J connectivity index is 2.34. The van der Waals surface area contributed by atoms with Gasteiger partial charge in [-0.15, -0.1) is 0 Å². The number of ether oxygens (including phenoxy) is 1. The predicted molar refractivity (Wildman–Crippen MR) is 91.9 cm³/mol. The zero-order valence-corrected chi connectivity index (χ0v) is 15.7. The van der Waals surface area contributed by atoms with Crippen LogP contribution < -0.4 is 5.73 Å². The van der Waals surface area contributed by atoms with E-state index in [2.05, 4.69) is 0 Å². The predicted octanol–water partition coefficient (Wildman–Crippen LogP) is 3.38. The minimum Gasteiger partial charge on any atom is -0.396 e. The van der Waals surface area contributed by atoms with E-state index in [1.807, 2.05) is 21.3 Å². The monoisotopic (exact) mass is 329 g/mol. The van der Waals surface area contributed by atoms with Gasteiger partial charge in [0.25, 0.3) is 0 Å². The van der Waals surface area contributed by atoms with Gasteiger partial charge in [0, 0.05) is 21.3 Å². The van der Waals surface area contributed by atoms with E-state index in [1.54, 1.807) is 0 Å². The first-order chi connectivity index (χ1) is 10.7. The number of methoxy groups -OCH3 is 1. The number of rotatable bonds is 7. The van der Waals surface area contributed by atoms with Crippen LogP contribution in [0.5, 0.6) is 0 Å². The fourth-order valence-electron chi connectivity index (χ4n) is 5.22. The quantitative estimate of drug-likeness (QED) is 0.728. The normalized spacial score (nSPS) is 33.0. The summed E-state index contributed by atoms with van der Waals surface area (Å²) in [5, 5.41) is -0.226. The topological polar surface area (TPSA) is 53.7 Å². The lowest BCUT2D eigenvalue weighted by atomic mass is 9.74. The highest BCUT2D eigenvalue weighted by molar-refractivity contribution is 6.70. The summed E-state index contributed by atoms with van der Waals surface area (Å²) < 4.78 is 18.5. The van der Waals surface area contributed by atoms with Crippen LogP contribution in [0, 0.1) is 11.8 Å². The summed E-state index contributed by atoms with van der Waals surface area (Å²) in [6.07, 6.45) is 11.2. The fourth-order valence-corrected chi connectivity index (χ4v) is 9.39. The molecule has 2 rings (SSSR count). The molecule has 2 aliphatic rings. The molecule has 5 heteroatoms. The van der Waals surface area contributed by atoms with Gasteiger partial charge < -0.3 is 19.3 Å². The number of nitrogens with two attached hydrogens (primary N) is 1. The highest BCUT2D eigenvalue weighted by Crippen LogP contribution is 2.51. The van der Waals surface area contributed by atoms with E-state index in [4.69, 9.17) is 19.3 Å². The highest BCUT2D eigenvalue weighted by atomic mass is 28.4. The maximum atomic E-state index is 6.30. The SMILES string of the molecule is COC1(CCCN)C(C2CCCCC2)CCC[Si]1(OC)OC. The summed E-state index contributed by atoms with van der Waals surface area (Å²) in [6.45, 7) is 0.709. The van der Waals surface area contributed by atoms with Gasteiger partial charge in [-0.05, 0) is 43.7 Å². The lowest BCUT2D eigenvalue weighted by Crippen LogP contribution is -2.69. The lowest BCUT2D eigenvalue weighted by molar-refractivity contribution is -0.0768. The molecule has 0 amide bonds. The van der Waals surface area contributed by atoms with Crippen molar-refractivity contribution >= 4 is 8.56 Å². The minimum absolute atomic E-state index is 0.226. The maximum Gasteiger partial charge on any atom is 0.371 e. The largest absolute Gasteiger partial charge is 0.396 e. The second kappa shape index (κ2) is 8.24. The molecule has 130 valence electrons. The molecule has 1 aliphatic carbocycles. The molecule has 2 atom stereocenters. The molecule has 0 aromatic rings. The summed E-state index contributed by atoms with van der Waals surface area (Å²) in [5.41, 5.74) is 5.83. The van der Waals surface area contributed by atoms with Crippen molar-refractivity contribution in [2.75, 3.05) is 27.9 Å². The molecule has 1 saturated carbocycles. The van der Waals surface area contributed by atoms with Crippen LogP contribution in [0.3, 0.4) is 0 Å². The van der Waals surface area contributed by atoms with Crippen molar-refractivity contribution in [1.29, 1.82) is 0 Å². The molecule has 0 aromatic carbocycles. The summed E-state index contributed by atoms with van der Waals surface area (Å²) in [6, 6.07) is 1.04. The van der Waals surface area contributed by atoms with Crippen molar-refractivity contribution < 1.29 is 13.6 Å². The second-order valence-corrected chi connectivity index (χ2v) is 10.7. The zero-order chi connectivity index (χ0) is 16.1. The first-order valence-electron chi connectivity index (χ1n) is 9.05. The van der Waals surface area contributed by atoms with Crippen LogP contribution in [-0.2, 0) is 13.6 Å². The molecule has 0 aromatic heterocycles. The number of hydrogen-bond donors (Lipinski definition) is 1. The van der Waals surface area contributed by atoms with Crippen molar-refractivity contribution in [3.63, 3.8) is 0 Å². The zero-order valence-electron chi connectivity index (χ0n) is 14.7. The summed E-state index contributed by atoms with van der Waals surface area (Å²) in [5.74, 6) is 1.34. The van der Waals surface area contributed by atoms with Gasteiger partial charge in [0.1, 0.15) is 5.22 Å². The van der Waals surface area contributed by atoms with Crippen LogP contribution in [0.25, 0.3) is 0 Å². The minimum atomic E-state index is -2.37. The van der Waals surface area contributed by atoms with Gasteiger partial charge >= 0.3 is 8.56 Å². The lowest BCUT2D eigenvalue weighted by Gasteiger charge is -2.55. The van der Waals surface area contributed by atoms with Crippen molar-refractivity contribution in [3.8, 4) is 0 Å². The summed E-state index contributed by atoms with van der Waals surface area (Å²) >= 11 is 0. The average Bonchev–Trinajstić information content (AvgIpc) is 2.60. The third-order valence-electron chi connectivity index (χ3n) is 6.26. The summed E-state index contributed by atoms with van der Waals surface area (Å²) in [4.78, 5) is 0. The molecular formula is C17H35NO3Si. The fraction of sp³-hybridized carbons (Fsp3) is 1.00. The molecule has 1 saturated heterocycles. The summed E-state index contributed by atoms with van der Waals surface area (Å²) in [7, 11) is 3.16. The van der Waals surface area contributed by atoms with Gasteiger partial charge in [-0.3, -0.25) is 0 Å². The molecule has 2 N–H and O–H groups in total. The number of hydrogen-bond acceptors (Lipinski definition) is 4. The van der Waals surface area contributed by atoms with Crippen LogP contribution in [0.15, 0.2) is 0 Å². The molecule has 0 radical (unpaired) electrons. The van der Waals surface area contributed by atoms with Gasteiger partial charge in [0.2, 0.25) is 0 Å². The van der Waals surface area contributed by atoms with E-state index in [0.29, 0.717) is 12.5 Å². The van der Waals surface area contributed by atoms with E-state index in [9.17, 15) is 0 Å². The Morgan fingerprint density at radius 2 is 1.68 bits per heavy atom. The van der Waals surface area contributed by atoms with Crippen LogP contribution in [0.1, 0.15) is 57.8 Å². The van der Waals surface area contributed by atoms with Crippen LogP contribution >= 0.6 is 0 Å². The average molecular weight is 330 g/mol. The van der Waals surface area contributed by atoms with Gasteiger partial charge in [0.05, 0.1) is 0 Å². The Morgan fingerprint density at radius 3 is 2.23 bits per heavy atom. The Labute approximate surface area is 137 Å². The Hall–Kier alpha value is 0.0569. The Morgan fingerprint density at radius 1 is 1.00 bits per heavy atom. The molecule has 22 heavy (non-hydrogen) atoms. The Kier molecular flexibility index (Phi) is 6.89. The van der Waals surface area contributed by atoms with Crippen molar-refractivity contribution in [2.24, 2.45) is 17.6 Å². The van der Waals surface area contributed by atoms with Gasteiger partial charge in [-0.25, -0.2) is 0 Å². The van der Waals surface area contributed by atoms with Crippen molar-refractivity contribution in [1.82, 2.24) is 0 Å². The maximum absolute atomic E-state index is 6.30. The highest BCUT2D eigenvalue weighted by Gasteiger charge is 2.64. The molecule has 0 bridgehead atoms. The van der Waals surface area contributed by atoms with Gasteiger partial charge in [0.15, 0.2) is 0 Å². The first-order valence-corrected chi connectivity index (χ1v) is 11.1. The van der Waals surface area contributed by atoms with E-state index in [0.717, 1.165) is 24.8 Å². The molecule has 4 nitrogen and oxygen atoms in total. The molecular weight excluding hydrogens is 294 g/mol. The molecule has 2 unspecified atom stereocenters. The molecule has 1 heterocycles. The molecule has 2 fully saturated rings. The van der Waals surface area contributed by atoms with Crippen LogP contribution in [0.2, 0.25) is 6.04 Å². The molecule has 0 spiro atoms. The van der Waals surface area contributed by atoms with Gasteiger partial charge in [-0.2, -0.15) is 0 Å². The third-order valence-corrected chi connectivity index (χ3v) is 10.7.